The van der Waals surface area contributed by atoms with Gasteiger partial charge in [-0.25, -0.2) is 4.98 Å². The van der Waals surface area contributed by atoms with E-state index in [1.165, 1.54) is 19.3 Å². The van der Waals surface area contributed by atoms with Crippen LogP contribution in [-0.2, 0) is 6.42 Å². The molecule has 1 aliphatic carbocycles. The maximum Gasteiger partial charge on any atom is 0.291 e. The van der Waals surface area contributed by atoms with Crippen molar-refractivity contribution < 1.29 is 9.21 Å². The first-order valence-electron chi connectivity index (χ1n) is 8.49. The first-order chi connectivity index (χ1) is 10.5. The lowest BCUT2D eigenvalue weighted by Crippen LogP contribution is -2.33. The van der Waals surface area contributed by atoms with Crippen molar-refractivity contribution in [2.45, 2.75) is 39.0 Å². The van der Waals surface area contributed by atoms with E-state index in [-0.39, 0.29) is 5.91 Å². The number of aromatic nitrogens is 1. The molecule has 1 unspecified atom stereocenters. The third-order valence-corrected chi connectivity index (χ3v) is 5.55. The summed E-state index contributed by atoms with van der Waals surface area (Å²) in [5.41, 5.74) is 1.07. The van der Waals surface area contributed by atoms with Gasteiger partial charge in [-0.2, -0.15) is 0 Å². The fraction of sp³-hybridized carbons (Fsp3) is 0.765. The molecule has 120 valence electrons. The van der Waals surface area contributed by atoms with E-state index in [1.807, 2.05) is 11.8 Å². The van der Waals surface area contributed by atoms with Gasteiger partial charge in [-0.3, -0.25) is 4.79 Å². The Morgan fingerprint density at radius 3 is 2.77 bits per heavy atom. The van der Waals surface area contributed by atoms with Gasteiger partial charge in [0.05, 0.1) is 5.69 Å². The van der Waals surface area contributed by atoms with Gasteiger partial charge in [0.25, 0.3) is 5.91 Å². The number of nitrogens with zero attached hydrogens (tertiary/aromatic N) is 3. The fourth-order valence-electron chi connectivity index (χ4n) is 4.05. The van der Waals surface area contributed by atoms with Gasteiger partial charge < -0.3 is 14.2 Å². The zero-order valence-electron chi connectivity index (χ0n) is 13.6. The first-order valence-corrected chi connectivity index (χ1v) is 8.49. The lowest BCUT2D eigenvalue weighted by Gasteiger charge is -2.23. The molecule has 5 nitrogen and oxygen atoms in total. The zero-order valence-corrected chi connectivity index (χ0v) is 13.6. The number of amides is 1. The quantitative estimate of drug-likeness (QED) is 0.858. The highest BCUT2D eigenvalue weighted by molar-refractivity contribution is 5.92. The molecule has 2 aliphatic heterocycles. The molecule has 3 heterocycles. The average Bonchev–Trinajstić information content (AvgIpc) is 2.92. The predicted molar refractivity (Wildman–Crippen MR) is 82.7 cm³/mol. The van der Waals surface area contributed by atoms with Gasteiger partial charge in [0.1, 0.15) is 0 Å². The van der Waals surface area contributed by atoms with Crippen molar-refractivity contribution in [2.24, 2.45) is 11.3 Å². The molecular weight excluding hydrogens is 278 g/mol. The Morgan fingerprint density at radius 2 is 2.09 bits per heavy atom. The smallest absolute Gasteiger partial charge is 0.291 e. The summed E-state index contributed by atoms with van der Waals surface area (Å²) in [6, 6.07) is 0. The van der Waals surface area contributed by atoms with Crippen LogP contribution >= 0.6 is 0 Å². The van der Waals surface area contributed by atoms with Gasteiger partial charge >= 0.3 is 0 Å². The normalized spacial score (nSPS) is 28.9. The molecule has 1 aromatic rings. The molecule has 3 fully saturated rings. The van der Waals surface area contributed by atoms with E-state index in [0.29, 0.717) is 11.2 Å². The monoisotopic (exact) mass is 303 g/mol. The van der Waals surface area contributed by atoms with Gasteiger partial charge in [0.2, 0.25) is 5.76 Å². The van der Waals surface area contributed by atoms with Crippen molar-refractivity contribution in [3.05, 3.63) is 17.3 Å². The minimum absolute atomic E-state index is 0.0403. The third-order valence-electron chi connectivity index (χ3n) is 5.55. The van der Waals surface area contributed by atoms with E-state index in [4.69, 9.17) is 4.42 Å². The Morgan fingerprint density at radius 1 is 1.32 bits per heavy atom. The Balaban J connectivity index is 1.46. The molecule has 0 bridgehead atoms. The van der Waals surface area contributed by atoms with Gasteiger partial charge in [-0.1, -0.05) is 0 Å². The Hall–Kier alpha value is -1.36. The number of carbonyl (C=O) groups is 1. The van der Waals surface area contributed by atoms with Crippen LogP contribution in [0.4, 0.5) is 0 Å². The molecule has 22 heavy (non-hydrogen) atoms. The van der Waals surface area contributed by atoms with Crippen LogP contribution in [0.2, 0.25) is 0 Å². The summed E-state index contributed by atoms with van der Waals surface area (Å²) in [4.78, 5) is 21.6. The Bertz CT molecular complexity index is 593. The molecule has 0 radical (unpaired) electrons. The van der Waals surface area contributed by atoms with Crippen molar-refractivity contribution in [3.8, 4) is 0 Å². The zero-order chi connectivity index (χ0) is 15.3. The highest BCUT2D eigenvalue weighted by Gasteiger charge is 2.44. The van der Waals surface area contributed by atoms with Gasteiger partial charge in [-0.05, 0) is 52.1 Å². The van der Waals surface area contributed by atoms with Crippen LogP contribution < -0.4 is 0 Å². The maximum absolute atomic E-state index is 12.8. The molecule has 1 amide bonds. The van der Waals surface area contributed by atoms with Crippen LogP contribution in [0, 0.1) is 18.3 Å². The van der Waals surface area contributed by atoms with Crippen molar-refractivity contribution in [1.29, 1.82) is 0 Å². The summed E-state index contributed by atoms with van der Waals surface area (Å²) in [5.74, 6) is 1.99. The van der Waals surface area contributed by atoms with E-state index in [9.17, 15) is 4.79 Å². The van der Waals surface area contributed by atoms with Crippen LogP contribution in [-0.4, -0.2) is 53.9 Å². The van der Waals surface area contributed by atoms with Crippen LogP contribution in [0.15, 0.2) is 4.42 Å². The minimum atomic E-state index is 0.0403. The number of likely N-dealkylation sites (tertiary alicyclic amines) is 2. The molecule has 2 saturated heterocycles. The second-order valence-electron chi connectivity index (χ2n) is 7.63. The average molecular weight is 303 g/mol. The van der Waals surface area contributed by atoms with Crippen molar-refractivity contribution in [1.82, 2.24) is 14.8 Å². The summed E-state index contributed by atoms with van der Waals surface area (Å²) >= 11 is 0. The SMILES string of the molecule is Cc1nc(CC2CC2)oc1C(=O)N1CCC2(CCN(C)C2)C1. The molecule has 1 spiro atoms. The van der Waals surface area contributed by atoms with Gasteiger partial charge in [0, 0.05) is 31.5 Å². The summed E-state index contributed by atoms with van der Waals surface area (Å²) in [5, 5.41) is 0. The summed E-state index contributed by atoms with van der Waals surface area (Å²) < 4.78 is 5.80. The maximum atomic E-state index is 12.8. The molecule has 1 atom stereocenters. The second kappa shape index (κ2) is 5.08. The van der Waals surface area contributed by atoms with Crippen LogP contribution in [0.5, 0.6) is 0 Å². The first kappa shape index (κ1) is 14.2. The largest absolute Gasteiger partial charge is 0.435 e. The second-order valence-corrected chi connectivity index (χ2v) is 7.63. The molecule has 1 aromatic heterocycles. The standard InChI is InChI=1S/C17H25N3O2/c1-12-15(22-14(18-12)9-13-3-4-13)16(21)20-8-6-17(11-20)5-7-19(2)10-17/h13H,3-11H2,1-2H3. The minimum Gasteiger partial charge on any atom is -0.435 e. The summed E-state index contributed by atoms with van der Waals surface area (Å²) in [7, 11) is 2.17. The molecule has 3 aliphatic rings. The van der Waals surface area contributed by atoms with E-state index < -0.39 is 0 Å². The van der Waals surface area contributed by atoms with Crippen molar-refractivity contribution in [3.63, 3.8) is 0 Å². The number of rotatable bonds is 3. The van der Waals surface area contributed by atoms with Crippen molar-refractivity contribution in [2.75, 3.05) is 33.2 Å². The third kappa shape index (κ3) is 2.56. The fourth-order valence-corrected chi connectivity index (χ4v) is 4.05. The highest BCUT2D eigenvalue weighted by atomic mass is 16.4. The predicted octanol–water partition coefficient (Wildman–Crippen LogP) is 2.10. The van der Waals surface area contributed by atoms with E-state index >= 15 is 0 Å². The molecule has 5 heteroatoms. The lowest BCUT2D eigenvalue weighted by atomic mass is 9.86. The van der Waals surface area contributed by atoms with Gasteiger partial charge in [0.15, 0.2) is 5.89 Å². The van der Waals surface area contributed by atoms with E-state index in [2.05, 4.69) is 16.9 Å². The molecule has 4 rings (SSSR count). The summed E-state index contributed by atoms with van der Waals surface area (Å²) in [6.45, 7) is 5.87. The van der Waals surface area contributed by atoms with E-state index in [0.717, 1.165) is 56.5 Å². The van der Waals surface area contributed by atoms with Crippen LogP contribution in [0.3, 0.4) is 0 Å². The number of hydrogen-bond acceptors (Lipinski definition) is 4. The highest BCUT2D eigenvalue weighted by Crippen LogP contribution is 2.39. The van der Waals surface area contributed by atoms with Crippen molar-refractivity contribution >= 4 is 5.91 Å². The Kier molecular flexibility index (Phi) is 3.29. The summed E-state index contributed by atoms with van der Waals surface area (Å²) in [6.07, 6.45) is 5.75. The number of oxazole rings is 1. The van der Waals surface area contributed by atoms with Crippen LogP contribution in [0.25, 0.3) is 0 Å². The molecular formula is C17H25N3O2. The topological polar surface area (TPSA) is 49.6 Å². The lowest BCUT2D eigenvalue weighted by molar-refractivity contribution is 0.0739. The Labute approximate surface area is 131 Å². The molecule has 0 aromatic carbocycles. The van der Waals surface area contributed by atoms with E-state index in [1.54, 1.807) is 0 Å². The number of hydrogen-bond donors (Lipinski definition) is 0. The van der Waals surface area contributed by atoms with Crippen LogP contribution in [0.1, 0.15) is 47.8 Å². The molecule has 1 saturated carbocycles. The molecule has 0 N–H and O–H groups in total. The number of aryl methyl sites for hydroxylation is 1. The van der Waals surface area contributed by atoms with Gasteiger partial charge in [-0.15, -0.1) is 0 Å². The number of carbonyl (C=O) groups excluding carboxylic acids is 1.